The van der Waals surface area contributed by atoms with Crippen molar-refractivity contribution in [3.05, 3.63) is 0 Å². The predicted molar refractivity (Wildman–Crippen MR) is 65.2 cm³/mol. The van der Waals surface area contributed by atoms with Gasteiger partial charge in [-0.2, -0.15) is 0 Å². The lowest BCUT2D eigenvalue weighted by atomic mass is 9.81. The van der Waals surface area contributed by atoms with Crippen LogP contribution in [0.5, 0.6) is 0 Å². The lowest BCUT2D eigenvalue weighted by Gasteiger charge is -2.30. The molecule has 0 aromatic rings. The van der Waals surface area contributed by atoms with Gasteiger partial charge in [0.2, 0.25) is 5.91 Å². The first-order valence-corrected chi connectivity index (χ1v) is 5.64. The monoisotopic (exact) mass is 297 g/mol. The molecule has 3 heteroatoms. The van der Waals surface area contributed by atoms with Crippen molar-refractivity contribution in [3.63, 3.8) is 0 Å². The van der Waals surface area contributed by atoms with E-state index in [1.54, 1.807) is 7.05 Å². The van der Waals surface area contributed by atoms with Crippen LogP contribution in [0, 0.1) is 5.41 Å². The average molecular weight is 297 g/mol. The Bertz CT molecular complexity index is 182. The zero-order valence-corrected chi connectivity index (χ0v) is 11.4. The molecule has 0 aliphatic rings. The van der Waals surface area contributed by atoms with Crippen molar-refractivity contribution < 1.29 is 4.79 Å². The summed E-state index contributed by atoms with van der Waals surface area (Å²) in [6.45, 7) is 8.67. The highest BCUT2D eigenvalue weighted by Gasteiger charge is 2.28. The molecule has 0 aromatic heterocycles. The van der Waals surface area contributed by atoms with E-state index in [1.807, 2.05) is 0 Å². The highest BCUT2D eigenvalue weighted by Crippen LogP contribution is 2.35. The van der Waals surface area contributed by atoms with Crippen molar-refractivity contribution in [2.45, 2.75) is 44.0 Å². The van der Waals surface area contributed by atoms with Crippen molar-refractivity contribution in [3.8, 4) is 0 Å². The second-order valence-electron chi connectivity index (χ2n) is 4.91. The molecule has 0 fully saturated rings. The standard InChI is InChI=1S/C10H20INO/c1-9(2,6-8(13)12-5)7-10(3,4)11/h6-7H2,1-5H3,(H,12,13). The Balaban J connectivity index is 4.16. The van der Waals surface area contributed by atoms with Crippen LogP contribution in [0.4, 0.5) is 0 Å². The van der Waals surface area contributed by atoms with Crippen LogP contribution < -0.4 is 5.32 Å². The summed E-state index contributed by atoms with van der Waals surface area (Å²) in [5.74, 6) is 0.130. The fraction of sp³-hybridized carbons (Fsp3) is 0.900. The Morgan fingerprint density at radius 1 is 1.31 bits per heavy atom. The quantitative estimate of drug-likeness (QED) is 0.627. The number of carbonyl (C=O) groups is 1. The Morgan fingerprint density at radius 3 is 2.08 bits per heavy atom. The highest BCUT2D eigenvalue weighted by molar-refractivity contribution is 14.1. The molecule has 0 unspecified atom stereocenters. The third kappa shape index (κ3) is 7.28. The minimum atomic E-state index is 0.0881. The molecular weight excluding hydrogens is 277 g/mol. The highest BCUT2D eigenvalue weighted by atomic mass is 127. The molecular formula is C10H20INO. The minimum absolute atomic E-state index is 0.0881. The summed E-state index contributed by atoms with van der Waals surface area (Å²) in [5, 5.41) is 2.67. The van der Waals surface area contributed by atoms with Crippen LogP contribution in [0.2, 0.25) is 0 Å². The van der Waals surface area contributed by atoms with Gasteiger partial charge in [0.05, 0.1) is 0 Å². The van der Waals surface area contributed by atoms with Crippen molar-refractivity contribution in [1.29, 1.82) is 0 Å². The number of halogens is 1. The fourth-order valence-corrected chi connectivity index (χ4v) is 2.76. The average Bonchev–Trinajstić information content (AvgIpc) is 1.80. The van der Waals surface area contributed by atoms with Gasteiger partial charge in [-0.05, 0) is 11.8 Å². The van der Waals surface area contributed by atoms with Crippen molar-refractivity contribution in [2.24, 2.45) is 5.41 Å². The molecule has 13 heavy (non-hydrogen) atoms. The van der Waals surface area contributed by atoms with Crippen molar-refractivity contribution in [2.75, 3.05) is 7.05 Å². The normalized spacial score (nSPS) is 12.8. The summed E-state index contributed by atoms with van der Waals surface area (Å²) < 4.78 is 0.259. The first-order chi connectivity index (χ1) is 5.66. The maximum absolute atomic E-state index is 11.2. The number of hydrogen-bond acceptors (Lipinski definition) is 1. The van der Waals surface area contributed by atoms with E-state index < -0.39 is 0 Å². The van der Waals surface area contributed by atoms with Crippen molar-refractivity contribution in [1.82, 2.24) is 5.32 Å². The summed E-state index contributed by atoms with van der Waals surface area (Å²) in [5.41, 5.74) is 0.0881. The van der Waals surface area contributed by atoms with Crippen LogP contribution >= 0.6 is 22.6 Å². The van der Waals surface area contributed by atoms with Gasteiger partial charge in [-0.15, -0.1) is 0 Å². The molecule has 0 saturated heterocycles. The topological polar surface area (TPSA) is 29.1 Å². The third-order valence-electron chi connectivity index (χ3n) is 1.82. The summed E-state index contributed by atoms with van der Waals surface area (Å²) in [7, 11) is 1.69. The van der Waals surface area contributed by atoms with E-state index in [1.165, 1.54) is 0 Å². The molecule has 0 spiro atoms. The molecule has 78 valence electrons. The van der Waals surface area contributed by atoms with E-state index in [0.29, 0.717) is 6.42 Å². The molecule has 1 amide bonds. The van der Waals surface area contributed by atoms with Crippen LogP contribution in [0.1, 0.15) is 40.5 Å². The number of hydrogen-bond donors (Lipinski definition) is 1. The van der Waals surface area contributed by atoms with Gasteiger partial charge in [-0.1, -0.05) is 50.3 Å². The molecule has 0 heterocycles. The molecule has 0 aliphatic carbocycles. The van der Waals surface area contributed by atoms with Crippen LogP contribution in [0.3, 0.4) is 0 Å². The molecule has 0 bridgehead atoms. The van der Waals surface area contributed by atoms with E-state index >= 15 is 0 Å². The van der Waals surface area contributed by atoms with E-state index in [4.69, 9.17) is 0 Å². The van der Waals surface area contributed by atoms with Crippen LogP contribution in [-0.2, 0) is 4.79 Å². The second kappa shape index (κ2) is 4.62. The molecule has 0 radical (unpaired) electrons. The van der Waals surface area contributed by atoms with Gasteiger partial charge in [0.25, 0.3) is 0 Å². The van der Waals surface area contributed by atoms with Crippen LogP contribution in [0.15, 0.2) is 0 Å². The molecule has 0 saturated carbocycles. The van der Waals surface area contributed by atoms with Crippen molar-refractivity contribution >= 4 is 28.5 Å². The first kappa shape index (κ1) is 13.2. The van der Waals surface area contributed by atoms with Gasteiger partial charge in [-0.25, -0.2) is 0 Å². The number of carbonyl (C=O) groups excluding carboxylic acids is 1. The summed E-state index contributed by atoms with van der Waals surface area (Å²) in [4.78, 5) is 11.2. The summed E-state index contributed by atoms with van der Waals surface area (Å²) in [6.07, 6.45) is 1.66. The Labute approximate surface area is 95.0 Å². The van der Waals surface area contributed by atoms with E-state index in [2.05, 4.69) is 55.6 Å². The number of amides is 1. The second-order valence-corrected chi connectivity index (χ2v) is 7.83. The Kier molecular flexibility index (Phi) is 4.69. The maximum Gasteiger partial charge on any atom is 0.220 e. The van der Waals surface area contributed by atoms with Gasteiger partial charge < -0.3 is 5.32 Å². The lowest BCUT2D eigenvalue weighted by Crippen LogP contribution is -2.30. The number of alkyl halides is 1. The van der Waals surface area contributed by atoms with E-state index in [-0.39, 0.29) is 14.7 Å². The molecule has 1 N–H and O–H groups in total. The summed E-state index contributed by atoms with van der Waals surface area (Å²) >= 11 is 2.43. The molecule has 0 rings (SSSR count). The maximum atomic E-state index is 11.2. The molecule has 0 atom stereocenters. The zero-order chi connectivity index (χ0) is 10.7. The van der Waals surface area contributed by atoms with E-state index in [0.717, 1.165) is 6.42 Å². The summed E-state index contributed by atoms with van der Waals surface area (Å²) in [6, 6.07) is 0. The third-order valence-corrected chi connectivity index (χ3v) is 2.20. The van der Waals surface area contributed by atoms with Gasteiger partial charge >= 0.3 is 0 Å². The Morgan fingerprint density at radius 2 is 1.77 bits per heavy atom. The van der Waals surface area contributed by atoms with Gasteiger partial charge in [0.15, 0.2) is 0 Å². The zero-order valence-electron chi connectivity index (χ0n) is 9.20. The predicted octanol–water partition coefficient (Wildman–Crippen LogP) is 2.75. The molecule has 0 aliphatic heterocycles. The largest absolute Gasteiger partial charge is 0.359 e. The number of nitrogens with one attached hydrogen (secondary N) is 1. The first-order valence-electron chi connectivity index (χ1n) is 4.56. The van der Waals surface area contributed by atoms with Gasteiger partial charge in [0.1, 0.15) is 0 Å². The smallest absolute Gasteiger partial charge is 0.220 e. The Hall–Kier alpha value is 0.200. The molecule has 2 nitrogen and oxygen atoms in total. The fourth-order valence-electron chi connectivity index (χ4n) is 1.72. The van der Waals surface area contributed by atoms with Crippen LogP contribution in [-0.4, -0.2) is 16.4 Å². The van der Waals surface area contributed by atoms with Gasteiger partial charge in [-0.3, -0.25) is 4.79 Å². The SMILES string of the molecule is CNC(=O)CC(C)(C)CC(C)(C)I. The molecule has 0 aromatic carbocycles. The van der Waals surface area contributed by atoms with Gasteiger partial charge in [0, 0.05) is 16.9 Å². The number of rotatable bonds is 4. The van der Waals surface area contributed by atoms with E-state index in [9.17, 15) is 4.79 Å². The minimum Gasteiger partial charge on any atom is -0.359 e. The lowest BCUT2D eigenvalue weighted by molar-refractivity contribution is -0.122. The van der Waals surface area contributed by atoms with Crippen LogP contribution in [0.25, 0.3) is 0 Å².